The Morgan fingerprint density at radius 1 is 0.700 bits per heavy atom. The van der Waals surface area contributed by atoms with Crippen molar-refractivity contribution in [1.82, 2.24) is 0 Å². The number of aromatic hydroxyl groups is 2. The SMILES string of the molecule is Oc1ccc(N2CCCCC2)c(O)c1N1CCCCC1. The van der Waals surface area contributed by atoms with Gasteiger partial charge in [0, 0.05) is 26.2 Å². The molecule has 1 aromatic rings. The topological polar surface area (TPSA) is 46.9 Å². The third-order valence-electron chi connectivity index (χ3n) is 4.48. The summed E-state index contributed by atoms with van der Waals surface area (Å²) in [7, 11) is 0. The highest BCUT2D eigenvalue weighted by Gasteiger charge is 2.23. The lowest BCUT2D eigenvalue weighted by molar-refractivity contribution is 0.440. The average molecular weight is 276 g/mol. The van der Waals surface area contributed by atoms with Crippen molar-refractivity contribution >= 4 is 11.4 Å². The minimum atomic E-state index is 0.199. The minimum absolute atomic E-state index is 0.199. The van der Waals surface area contributed by atoms with Crippen molar-refractivity contribution in [2.45, 2.75) is 38.5 Å². The Bertz CT molecular complexity index is 464. The van der Waals surface area contributed by atoms with Gasteiger partial charge < -0.3 is 20.0 Å². The Morgan fingerprint density at radius 3 is 1.85 bits per heavy atom. The summed E-state index contributed by atoms with van der Waals surface area (Å²) in [5, 5.41) is 20.8. The van der Waals surface area contributed by atoms with E-state index in [9.17, 15) is 10.2 Å². The molecule has 0 aromatic heterocycles. The number of nitrogens with zero attached hydrogens (tertiary/aromatic N) is 2. The van der Waals surface area contributed by atoms with E-state index in [0.29, 0.717) is 5.69 Å². The maximum atomic E-state index is 10.6. The Hall–Kier alpha value is -1.58. The first-order chi connectivity index (χ1) is 9.77. The summed E-state index contributed by atoms with van der Waals surface area (Å²) >= 11 is 0. The third kappa shape index (κ3) is 2.51. The molecule has 3 rings (SSSR count). The lowest BCUT2D eigenvalue weighted by Gasteiger charge is -2.33. The van der Waals surface area contributed by atoms with E-state index in [1.54, 1.807) is 6.07 Å². The number of hydrogen-bond acceptors (Lipinski definition) is 4. The van der Waals surface area contributed by atoms with Gasteiger partial charge in [-0.25, -0.2) is 0 Å². The summed E-state index contributed by atoms with van der Waals surface area (Å²) < 4.78 is 0. The van der Waals surface area contributed by atoms with Crippen LogP contribution < -0.4 is 9.80 Å². The van der Waals surface area contributed by atoms with E-state index in [1.165, 1.54) is 25.7 Å². The van der Waals surface area contributed by atoms with Gasteiger partial charge in [-0.05, 0) is 50.7 Å². The highest BCUT2D eigenvalue weighted by molar-refractivity contribution is 5.77. The van der Waals surface area contributed by atoms with Crippen LogP contribution in [-0.2, 0) is 0 Å². The van der Waals surface area contributed by atoms with Crippen LogP contribution in [0.15, 0.2) is 12.1 Å². The van der Waals surface area contributed by atoms with Gasteiger partial charge in [-0.15, -0.1) is 0 Å². The second kappa shape index (κ2) is 5.81. The average Bonchev–Trinajstić information content (AvgIpc) is 2.49. The van der Waals surface area contributed by atoms with Gasteiger partial charge in [0.15, 0.2) is 5.75 Å². The molecule has 0 aliphatic carbocycles. The van der Waals surface area contributed by atoms with Gasteiger partial charge in [0.1, 0.15) is 11.4 Å². The molecule has 4 heteroatoms. The number of rotatable bonds is 2. The molecule has 2 aliphatic heterocycles. The molecular formula is C16H24N2O2. The quantitative estimate of drug-likeness (QED) is 0.871. The number of piperidine rings is 2. The van der Waals surface area contributed by atoms with Crippen molar-refractivity contribution in [2.75, 3.05) is 36.0 Å². The minimum Gasteiger partial charge on any atom is -0.506 e. The molecule has 0 bridgehead atoms. The van der Waals surface area contributed by atoms with Gasteiger partial charge in [-0.1, -0.05) is 0 Å². The van der Waals surface area contributed by atoms with E-state index in [4.69, 9.17) is 0 Å². The van der Waals surface area contributed by atoms with E-state index in [1.807, 2.05) is 6.07 Å². The zero-order chi connectivity index (χ0) is 13.9. The highest BCUT2D eigenvalue weighted by Crippen LogP contribution is 2.44. The van der Waals surface area contributed by atoms with Gasteiger partial charge in [0.25, 0.3) is 0 Å². The van der Waals surface area contributed by atoms with E-state index in [-0.39, 0.29) is 11.5 Å². The van der Waals surface area contributed by atoms with Crippen molar-refractivity contribution in [3.63, 3.8) is 0 Å². The van der Waals surface area contributed by atoms with Gasteiger partial charge >= 0.3 is 0 Å². The molecule has 2 aliphatic rings. The molecule has 4 nitrogen and oxygen atoms in total. The number of hydrogen-bond donors (Lipinski definition) is 2. The first-order valence-corrected chi connectivity index (χ1v) is 7.82. The van der Waals surface area contributed by atoms with Crippen molar-refractivity contribution in [3.8, 4) is 11.5 Å². The molecule has 2 fully saturated rings. The van der Waals surface area contributed by atoms with E-state index in [2.05, 4.69) is 9.80 Å². The molecular weight excluding hydrogens is 252 g/mol. The van der Waals surface area contributed by atoms with Crippen molar-refractivity contribution in [3.05, 3.63) is 12.1 Å². The summed E-state index contributed by atoms with van der Waals surface area (Å²) in [6, 6.07) is 3.58. The number of phenols is 2. The molecule has 2 heterocycles. The summed E-state index contributed by atoms with van der Waals surface area (Å²) in [5.74, 6) is 0.457. The van der Waals surface area contributed by atoms with Gasteiger partial charge in [-0.3, -0.25) is 0 Å². The Kier molecular flexibility index (Phi) is 3.90. The summed E-state index contributed by atoms with van der Waals surface area (Å²) in [4.78, 5) is 4.37. The molecule has 0 atom stereocenters. The fourth-order valence-electron chi connectivity index (χ4n) is 3.38. The van der Waals surface area contributed by atoms with E-state index in [0.717, 1.165) is 44.7 Å². The van der Waals surface area contributed by atoms with Crippen LogP contribution in [0.5, 0.6) is 11.5 Å². The predicted molar refractivity (Wildman–Crippen MR) is 81.9 cm³/mol. The first kappa shape index (κ1) is 13.4. The monoisotopic (exact) mass is 276 g/mol. The largest absolute Gasteiger partial charge is 0.506 e. The van der Waals surface area contributed by atoms with Crippen LogP contribution in [0, 0.1) is 0 Å². The Labute approximate surface area is 120 Å². The summed E-state index contributed by atoms with van der Waals surface area (Å²) in [5.41, 5.74) is 1.51. The second-order valence-corrected chi connectivity index (χ2v) is 5.90. The summed E-state index contributed by atoms with van der Waals surface area (Å²) in [6.45, 7) is 3.84. The van der Waals surface area contributed by atoms with Gasteiger partial charge in [0.05, 0.1) is 5.69 Å². The van der Waals surface area contributed by atoms with Crippen LogP contribution in [-0.4, -0.2) is 36.4 Å². The maximum Gasteiger partial charge on any atom is 0.166 e. The van der Waals surface area contributed by atoms with Gasteiger partial charge in [0.2, 0.25) is 0 Å². The van der Waals surface area contributed by atoms with Crippen LogP contribution in [0.25, 0.3) is 0 Å². The zero-order valence-electron chi connectivity index (χ0n) is 12.0. The predicted octanol–water partition coefficient (Wildman–Crippen LogP) is 3.08. The molecule has 0 saturated carbocycles. The van der Waals surface area contributed by atoms with Crippen LogP contribution in [0.2, 0.25) is 0 Å². The molecule has 20 heavy (non-hydrogen) atoms. The molecule has 0 amide bonds. The molecule has 0 spiro atoms. The molecule has 2 N–H and O–H groups in total. The highest BCUT2D eigenvalue weighted by atomic mass is 16.3. The van der Waals surface area contributed by atoms with Crippen molar-refractivity contribution in [2.24, 2.45) is 0 Å². The van der Waals surface area contributed by atoms with E-state index < -0.39 is 0 Å². The van der Waals surface area contributed by atoms with Crippen LogP contribution >= 0.6 is 0 Å². The zero-order valence-corrected chi connectivity index (χ0v) is 12.0. The van der Waals surface area contributed by atoms with Crippen LogP contribution in [0.4, 0.5) is 11.4 Å². The molecule has 1 aromatic carbocycles. The maximum absolute atomic E-state index is 10.6. The smallest absolute Gasteiger partial charge is 0.166 e. The number of benzene rings is 1. The fraction of sp³-hybridized carbons (Fsp3) is 0.625. The normalized spacial score (nSPS) is 20.2. The molecule has 0 unspecified atom stereocenters. The first-order valence-electron chi connectivity index (χ1n) is 7.82. The lowest BCUT2D eigenvalue weighted by atomic mass is 10.1. The van der Waals surface area contributed by atoms with Crippen molar-refractivity contribution < 1.29 is 10.2 Å². The number of phenolic OH excluding ortho intramolecular Hbond substituents is 2. The molecule has 2 saturated heterocycles. The Morgan fingerprint density at radius 2 is 1.25 bits per heavy atom. The fourth-order valence-corrected chi connectivity index (χ4v) is 3.38. The second-order valence-electron chi connectivity index (χ2n) is 5.90. The van der Waals surface area contributed by atoms with Gasteiger partial charge in [-0.2, -0.15) is 0 Å². The number of anilines is 2. The molecule has 110 valence electrons. The van der Waals surface area contributed by atoms with Crippen LogP contribution in [0.3, 0.4) is 0 Å². The summed E-state index contributed by atoms with van der Waals surface area (Å²) in [6.07, 6.45) is 7.14. The lowest BCUT2D eigenvalue weighted by Crippen LogP contribution is -2.31. The van der Waals surface area contributed by atoms with E-state index >= 15 is 0 Å². The van der Waals surface area contributed by atoms with Crippen molar-refractivity contribution in [1.29, 1.82) is 0 Å². The van der Waals surface area contributed by atoms with Crippen LogP contribution in [0.1, 0.15) is 38.5 Å². The Balaban J connectivity index is 1.92. The molecule has 0 radical (unpaired) electrons. The third-order valence-corrected chi connectivity index (χ3v) is 4.48. The standard InChI is InChI=1S/C16H24N2O2/c19-14-8-7-13(17-9-3-1-4-10-17)16(20)15(14)18-11-5-2-6-12-18/h7-8,19-20H,1-6,9-12H2.